The van der Waals surface area contributed by atoms with E-state index in [9.17, 15) is 0 Å². The lowest BCUT2D eigenvalue weighted by molar-refractivity contribution is 0.406. The zero-order chi connectivity index (χ0) is 8.93. The molecule has 0 amide bonds. The van der Waals surface area contributed by atoms with Gasteiger partial charge in [-0.1, -0.05) is 6.07 Å². The van der Waals surface area contributed by atoms with Crippen molar-refractivity contribution in [3.8, 4) is 0 Å². The van der Waals surface area contributed by atoms with Gasteiger partial charge in [-0.3, -0.25) is 4.98 Å². The zero-order valence-electron chi connectivity index (χ0n) is 7.61. The van der Waals surface area contributed by atoms with Gasteiger partial charge in [0.25, 0.3) is 0 Å². The molecule has 13 heavy (non-hydrogen) atoms. The highest BCUT2D eigenvalue weighted by Crippen LogP contribution is 2.01. The molecule has 1 atom stereocenters. The number of hydrogen-bond acceptors (Lipinski definition) is 2. The Kier molecular flexibility index (Phi) is 2.90. The van der Waals surface area contributed by atoms with Gasteiger partial charge in [0.05, 0.1) is 0 Å². The first-order chi connectivity index (χ1) is 6.45. The van der Waals surface area contributed by atoms with E-state index in [1.54, 1.807) is 0 Å². The summed E-state index contributed by atoms with van der Waals surface area (Å²) in [6.45, 7) is 2.97. The lowest BCUT2D eigenvalue weighted by atomic mass is 10.1. The van der Waals surface area contributed by atoms with Crippen LogP contribution in [-0.4, -0.2) is 30.7 Å². The molecule has 1 unspecified atom stereocenters. The molecule has 0 bridgehead atoms. The third-order valence-electron chi connectivity index (χ3n) is 2.23. The van der Waals surface area contributed by atoms with Gasteiger partial charge < -0.3 is 5.32 Å². The molecule has 2 heterocycles. The molecule has 0 spiro atoms. The number of hydrogen-bond donors (Lipinski definition) is 1. The van der Waals surface area contributed by atoms with Crippen molar-refractivity contribution >= 4 is 0 Å². The second kappa shape index (κ2) is 4.35. The van der Waals surface area contributed by atoms with Gasteiger partial charge in [0.2, 0.25) is 0 Å². The first kappa shape index (κ1) is 8.66. The Labute approximate surface area is 78.6 Å². The summed E-state index contributed by atoms with van der Waals surface area (Å²) in [5.41, 5.74) is 1.14. The largest absolute Gasteiger partial charge is 0.314 e. The van der Waals surface area contributed by atoms with Crippen molar-refractivity contribution in [1.29, 1.82) is 0 Å². The molecule has 1 N–H and O–H groups in total. The summed E-state index contributed by atoms with van der Waals surface area (Å²) >= 11 is 0. The molecule has 1 fully saturated rings. The van der Waals surface area contributed by atoms with E-state index in [0.29, 0.717) is 6.04 Å². The first-order valence-electron chi connectivity index (χ1n) is 4.72. The van der Waals surface area contributed by atoms with Gasteiger partial charge in [0.1, 0.15) is 0 Å². The van der Waals surface area contributed by atoms with Crippen molar-refractivity contribution in [3.05, 3.63) is 30.1 Å². The van der Waals surface area contributed by atoms with E-state index in [2.05, 4.69) is 21.7 Å². The van der Waals surface area contributed by atoms with E-state index in [4.69, 9.17) is 0 Å². The van der Waals surface area contributed by atoms with E-state index in [1.807, 2.05) is 18.3 Å². The smallest absolute Gasteiger partial charge is 0.0426 e. The maximum absolute atomic E-state index is 4.52. The van der Waals surface area contributed by atoms with Gasteiger partial charge in [-0.15, -0.1) is 0 Å². The summed E-state index contributed by atoms with van der Waals surface area (Å²) in [5, 5.41) is 7.86. The fraction of sp³-hybridized carbons (Fsp3) is 0.500. The standard InChI is InChI=1S/C10H14N3/c1-2-4-12-9(3-1)7-10-8-11-5-6-13-10/h1-4,10-11H,5-8H2. The maximum atomic E-state index is 4.52. The number of pyridine rings is 1. The predicted octanol–water partition coefficient (Wildman–Crippen LogP) is 0.200. The summed E-state index contributed by atoms with van der Waals surface area (Å²) < 4.78 is 0. The van der Waals surface area contributed by atoms with E-state index >= 15 is 0 Å². The number of aromatic nitrogens is 1. The fourth-order valence-corrected chi connectivity index (χ4v) is 1.56. The molecule has 3 nitrogen and oxygen atoms in total. The van der Waals surface area contributed by atoms with Crippen LogP contribution in [0.25, 0.3) is 0 Å². The number of nitrogens with one attached hydrogen (secondary N) is 1. The molecule has 69 valence electrons. The van der Waals surface area contributed by atoms with Gasteiger partial charge in [0.15, 0.2) is 0 Å². The van der Waals surface area contributed by atoms with E-state index in [0.717, 1.165) is 31.7 Å². The third-order valence-corrected chi connectivity index (χ3v) is 2.23. The van der Waals surface area contributed by atoms with Crippen molar-refractivity contribution in [3.63, 3.8) is 0 Å². The number of rotatable bonds is 2. The molecule has 0 aromatic carbocycles. The average Bonchev–Trinajstić information content (AvgIpc) is 2.21. The van der Waals surface area contributed by atoms with Crippen LogP contribution in [0.4, 0.5) is 0 Å². The quantitative estimate of drug-likeness (QED) is 0.699. The molecule has 0 aliphatic carbocycles. The van der Waals surface area contributed by atoms with E-state index in [-0.39, 0.29) is 0 Å². The Morgan fingerprint density at radius 3 is 3.15 bits per heavy atom. The minimum Gasteiger partial charge on any atom is -0.314 e. The molecular weight excluding hydrogens is 162 g/mol. The Morgan fingerprint density at radius 2 is 2.46 bits per heavy atom. The monoisotopic (exact) mass is 176 g/mol. The van der Waals surface area contributed by atoms with Crippen LogP contribution in [0.2, 0.25) is 0 Å². The number of piperazine rings is 1. The molecule has 0 saturated carbocycles. The normalized spacial score (nSPS) is 22.9. The zero-order valence-corrected chi connectivity index (χ0v) is 7.61. The van der Waals surface area contributed by atoms with Gasteiger partial charge in [0, 0.05) is 44.0 Å². The Bertz CT molecular complexity index is 242. The predicted molar refractivity (Wildman–Crippen MR) is 51.6 cm³/mol. The molecule has 1 aliphatic rings. The summed E-state index contributed by atoms with van der Waals surface area (Å²) in [4.78, 5) is 4.29. The first-order valence-corrected chi connectivity index (χ1v) is 4.72. The number of nitrogens with zero attached hydrogens (tertiary/aromatic N) is 2. The molecule has 1 aliphatic heterocycles. The van der Waals surface area contributed by atoms with E-state index in [1.165, 1.54) is 0 Å². The van der Waals surface area contributed by atoms with E-state index < -0.39 is 0 Å². The summed E-state index contributed by atoms with van der Waals surface area (Å²) in [6.07, 6.45) is 2.80. The lowest BCUT2D eigenvalue weighted by Crippen LogP contribution is -2.45. The van der Waals surface area contributed by atoms with Crippen LogP contribution in [0.3, 0.4) is 0 Å². The van der Waals surface area contributed by atoms with Crippen LogP contribution >= 0.6 is 0 Å². The minimum absolute atomic E-state index is 0.420. The van der Waals surface area contributed by atoms with Gasteiger partial charge in [-0.2, -0.15) is 0 Å². The molecule has 3 heteroatoms. The highest BCUT2D eigenvalue weighted by atomic mass is 15.1. The van der Waals surface area contributed by atoms with Crippen LogP contribution in [0.15, 0.2) is 24.4 Å². The highest BCUT2D eigenvalue weighted by Gasteiger charge is 2.13. The van der Waals surface area contributed by atoms with Gasteiger partial charge in [-0.05, 0) is 12.1 Å². The third kappa shape index (κ3) is 2.50. The van der Waals surface area contributed by atoms with Gasteiger partial charge in [-0.25, -0.2) is 5.32 Å². The van der Waals surface area contributed by atoms with Crippen LogP contribution in [0, 0.1) is 0 Å². The summed E-state index contributed by atoms with van der Waals surface area (Å²) in [6, 6.07) is 6.45. The van der Waals surface area contributed by atoms with Crippen molar-refractivity contribution in [2.24, 2.45) is 0 Å². The van der Waals surface area contributed by atoms with Crippen molar-refractivity contribution in [2.75, 3.05) is 19.6 Å². The summed E-state index contributed by atoms with van der Waals surface area (Å²) in [7, 11) is 0. The van der Waals surface area contributed by atoms with Crippen molar-refractivity contribution in [1.82, 2.24) is 15.6 Å². The second-order valence-corrected chi connectivity index (χ2v) is 3.29. The maximum Gasteiger partial charge on any atom is 0.0426 e. The molecule has 1 radical (unpaired) electrons. The Hall–Kier alpha value is -0.930. The molecule has 2 rings (SSSR count). The fourth-order valence-electron chi connectivity index (χ4n) is 1.56. The molecular formula is C10H14N3. The lowest BCUT2D eigenvalue weighted by Gasteiger charge is -2.22. The molecule has 1 aromatic rings. The van der Waals surface area contributed by atoms with Crippen molar-refractivity contribution in [2.45, 2.75) is 12.5 Å². The van der Waals surface area contributed by atoms with Crippen LogP contribution in [0.1, 0.15) is 5.69 Å². The Morgan fingerprint density at radius 1 is 1.46 bits per heavy atom. The SMILES string of the molecule is c1ccc(CC2CNCC[N]2)nc1. The van der Waals surface area contributed by atoms with Crippen molar-refractivity contribution < 1.29 is 0 Å². The minimum atomic E-state index is 0.420. The molecule has 1 aromatic heterocycles. The average molecular weight is 176 g/mol. The van der Waals surface area contributed by atoms with Gasteiger partial charge >= 0.3 is 0 Å². The molecule has 1 saturated heterocycles. The van der Waals surface area contributed by atoms with Crippen LogP contribution < -0.4 is 10.6 Å². The van der Waals surface area contributed by atoms with Crippen LogP contribution in [-0.2, 0) is 6.42 Å². The Balaban J connectivity index is 1.90. The topological polar surface area (TPSA) is 39.0 Å². The van der Waals surface area contributed by atoms with Crippen LogP contribution in [0.5, 0.6) is 0 Å². The summed E-state index contributed by atoms with van der Waals surface area (Å²) in [5.74, 6) is 0. The highest BCUT2D eigenvalue weighted by molar-refractivity contribution is 5.05. The second-order valence-electron chi connectivity index (χ2n) is 3.29.